The predicted molar refractivity (Wildman–Crippen MR) is 153 cm³/mol. The van der Waals surface area contributed by atoms with Crippen molar-refractivity contribution in [1.29, 1.82) is 0 Å². The Kier molecular flexibility index (Phi) is 10.3. The summed E-state index contributed by atoms with van der Waals surface area (Å²) in [6, 6.07) is 17.4. The zero-order valence-electron chi connectivity index (χ0n) is 23.4. The van der Waals surface area contributed by atoms with Crippen molar-refractivity contribution in [3.63, 3.8) is 0 Å². The number of hydrogen-bond acceptors (Lipinski definition) is 5. The number of benzene rings is 3. The van der Waals surface area contributed by atoms with Crippen LogP contribution in [-0.2, 0) is 26.2 Å². The maximum atomic E-state index is 14.6. The minimum atomic E-state index is -4.22. The van der Waals surface area contributed by atoms with E-state index in [0.717, 1.165) is 9.87 Å². The fourth-order valence-corrected chi connectivity index (χ4v) is 5.45. The highest BCUT2D eigenvalue weighted by Gasteiger charge is 2.33. The highest BCUT2D eigenvalue weighted by molar-refractivity contribution is 7.92. The van der Waals surface area contributed by atoms with E-state index in [0.29, 0.717) is 12.4 Å². The van der Waals surface area contributed by atoms with E-state index in [2.05, 4.69) is 5.32 Å². The molecule has 0 aliphatic carbocycles. The third-order valence-corrected chi connectivity index (χ3v) is 8.01. The molecule has 0 fully saturated rings. The van der Waals surface area contributed by atoms with Crippen LogP contribution in [0.4, 0.5) is 10.1 Å². The molecule has 0 saturated heterocycles. The summed E-state index contributed by atoms with van der Waals surface area (Å²) in [5.74, 6) is -1.12. The largest absolute Gasteiger partial charge is 0.494 e. The molecule has 3 rings (SSSR count). The van der Waals surface area contributed by atoms with Gasteiger partial charge in [0.2, 0.25) is 11.8 Å². The first-order valence-electron chi connectivity index (χ1n) is 13.1. The Labute approximate surface area is 235 Å². The molecule has 0 spiro atoms. The molecule has 8 nitrogen and oxygen atoms in total. The Bertz CT molecular complexity index is 1410. The van der Waals surface area contributed by atoms with Crippen LogP contribution in [0.2, 0.25) is 0 Å². The molecule has 1 N–H and O–H groups in total. The molecular weight excluding hydrogens is 533 g/mol. The molecule has 0 bridgehead atoms. The molecule has 0 saturated carbocycles. The van der Waals surface area contributed by atoms with Gasteiger partial charge in [0.05, 0.1) is 17.2 Å². The Morgan fingerprint density at radius 3 is 2.15 bits per heavy atom. The van der Waals surface area contributed by atoms with Crippen molar-refractivity contribution in [3.8, 4) is 5.75 Å². The van der Waals surface area contributed by atoms with Gasteiger partial charge >= 0.3 is 0 Å². The van der Waals surface area contributed by atoms with Crippen LogP contribution in [0.3, 0.4) is 0 Å². The first-order chi connectivity index (χ1) is 18.9. The Morgan fingerprint density at radius 2 is 1.57 bits per heavy atom. The van der Waals surface area contributed by atoms with Crippen LogP contribution in [-0.4, -0.2) is 50.4 Å². The maximum absolute atomic E-state index is 14.6. The second kappa shape index (κ2) is 13.4. The Morgan fingerprint density at radius 1 is 0.950 bits per heavy atom. The van der Waals surface area contributed by atoms with Crippen molar-refractivity contribution < 1.29 is 27.1 Å². The first kappa shape index (κ1) is 30.6. The van der Waals surface area contributed by atoms with Crippen molar-refractivity contribution in [1.82, 2.24) is 10.2 Å². The van der Waals surface area contributed by atoms with E-state index in [1.807, 2.05) is 13.8 Å². The molecule has 1 unspecified atom stereocenters. The van der Waals surface area contributed by atoms with E-state index in [1.54, 1.807) is 56.3 Å². The fourth-order valence-electron chi connectivity index (χ4n) is 4.04. The third-order valence-electron chi connectivity index (χ3n) is 6.22. The van der Waals surface area contributed by atoms with Crippen LogP contribution in [0.5, 0.6) is 5.75 Å². The molecule has 10 heteroatoms. The number of nitrogens with zero attached hydrogens (tertiary/aromatic N) is 2. The second-order valence-electron chi connectivity index (χ2n) is 9.70. The summed E-state index contributed by atoms with van der Waals surface area (Å²) in [7, 11) is -4.22. The first-order valence-corrected chi connectivity index (χ1v) is 14.5. The molecule has 40 heavy (non-hydrogen) atoms. The van der Waals surface area contributed by atoms with Gasteiger partial charge in [-0.2, -0.15) is 0 Å². The number of amides is 2. The third kappa shape index (κ3) is 7.59. The number of sulfonamides is 1. The molecule has 214 valence electrons. The molecule has 0 heterocycles. The van der Waals surface area contributed by atoms with Crippen LogP contribution in [0.1, 0.15) is 38.8 Å². The lowest BCUT2D eigenvalue weighted by molar-refractivity contribution is -0.139. The molecule has 0 aromatic heterocycles. The van der Waals surface area contributed by atoms with Gasteiger partial charge in [-0.05, 0) is 77.1 Å². The molecule has 3 aromatic rings. The van der Waals surface area contributed by atoms with Crippen LogP contribution in [0, 0.1) is 12.7 Å². The lowest BCUT2D eigenvalue weighted by Crippen LogP contribution is -2.52. The van der Waals surface area contributed by atoms with E-state index < -0.39 is 40.2 Å². The van der Waals surface area contributed by atoms with E-state index in [1.165, 1.54) is 42.2 Å². The number of hydrogen-bond donors (Lipinski definition) is 1. The Balaban J connectivity index is 2.03. The highest BCUT2D eigenvalue weighted by atomic mass is 32.2. The minimum absolute atomic E-state index is 0.0319. The van der Waals surface area contributed by atoms with E-state index in [9.17, 15) is 22.4 Å². The van der Waals surface area contributed by atoms with Gasteiger partial charge < -0.3 is 15.0 Å². The lowest BCUT2D eigenvalue weighted by atomic mass is 10.1. The number of nitrogens with one attached hydrogen (secondary N) is 1. The van der Waals surface area contributed by atoms with Crippen LogP contribution in [0.25, 0.3) is 0 Å². The van der Waals surface area contributed by atoms with Crippen LogP contribution in [0.15, 0.2) is 77.7 Å². The minimum Gasteiger partial charge on any atom is -0.494 e. The number of carbonyl (C=O) groups is 2. The smallest absolute Gasteiger partial charge is 0.264 e. The van der Waals surface area contributed by atoms with Gasteiger partial charge in [-0.1, -0.05) is 35.9 Å². The van der Waals surface area contributed by atoms with Gasteiger partial charge in [0.15, 0.2) is 0 Å². The average molecular weight is 570 g/mol. The number of aryl methyl sites for hydroxylation is 1. The maximum Gasteiger partial charge on any atom is 0.264 e. The van der Waals surface area contributed by atoms with Crippen molar-refractivity contribution in [2.75, 3.05) is 17.5 Å². The van der Waals surface area contributed by atoms with Crippen molar-refractivity contribution in [2.24, 2.45) is 0 Å². The summed E-state index contributed by atoms with van der Waals surface area (Å²) in [6.45, 7) is 8.40. The summed E-state index contributed by atoms with van der Waals surface area (Å²) in [6.07, 6.45) is 0. The highest BCUT2D eigenvalue weighted by Crippen LogP contribution is 2.26. The second-order valence-corrected chi connectivity index (χ2v) is 11.6. The summed E-state index contributed by atoms with van der Waals surface area (Å²) >= 11 is 0. The normalized spacial score (nSPS) is 12.1. The standard InChI is InChI=1S/C30H36FN3O5S/c1-6-39-26-15-17-27(18-16-26)40(37,38)34(25-13-11-22(4)12-14-25)20-29(35)33(23(5)30(36)32-21(2)3)19-24-9-7-8-10-28(24)31/h7-18,21,23H,6,19-20H2,1-5H3,(H,32,36). The summed E-state index contributed by atoms with van der Waals surface area (Å²) in [4.78, 5) is 28.0. The SMILES string of the molecule is CCOc1ccc(S(=O)(=O)N(CC(=O)N(Cc2ccccc2F)C(C)C(=O)NC(C)C)c2ccc(C)cc2)cc1. The molecule has 3 aromatic carbocycles. The monoisotopic (exact) mass is 569 g/mol. The van der Waals surface area contributed by atoms with E-state index in [-0.39, 0.29) is 28.7 Å². The number of halogens is 1. The quantitative estimate of drug-likeness (QED) is 0.342. The van der Waals surface area contributed by atoms with E-state index in [4.69, 9.17) is 4.74 Å². The van der Waals surface area contributed by atoms with Gasteiger partial charge in [-0.25, -0.2) is 12.8 Å². The zero-order chi connectivity index (χ0) is 29.4. The lowest BCUT2D eigenvalue weighted by Gasteiger charge is -2.32. The average Bonchev–Trinajstić information content (AvgIpc) is 2.91. The number of carbonyl (C=O) groups excluding carboxylic acids is 2. The van der Waals surface area contributed by atoms with Crippen LogP contribution < -0.4 is 14.4 Å². The van der Waals surface area contributed by atoms with Crippen molar-refractivity contribution >= 4 is 27.5 Å². The molecule has 0 radical (unpaired) electrons. The van der Waals surface area contributed by atoms with Gasteiger partial charge in [-0.15, -0.1) is 0 Å². The van der Waals surface area contributed by atoms with Gasteiger partial charge in [0, 0.05) is 18.2 Å². The number of rotatable bonds is 12. The van der Waals surface area contributed by atoms with E-state index >= 15 is 0 Å². The molecule has 1 atom stereocenters. The van der Waals surface area contributed by atoms with Gasteiger partial charge in [-0.3, -0.25) is 13.9 Å². The van der Waals surface area contributed by atoms with Crippen molar-refractivity contribution in [2.45, 2.75) is 58.1 Å². The van der Waals surface area contributed by atoms with Crippen LogP contribution >= 0.6 is 0 Å². The summed E-state index contributed by atoms with van der Waals surface area (Å²) in [5.41, 5.74) is 1.39. The predicted octanol–water partition coefficient (Wildman–Crippen LogP) is 4.67. The number of anilines is 1. The van der Waals surface area contributed by atoms with Crippen molar-refractivity contribution in [3.05, 3.63) is 89.7 Å². The number of ether oxygens (including phenoxy) is 1. The topological polar surface area (TPSA) is 96.0 Å². The van der Waals surface area contributed by atoms with Gasteiger partial charge in [0.25, 0.3) is 10.0 Å². The molecule has 0 aliphatic heterocycles. The van der Waals surface area contributed by atoms with Gasteiger partial charge in [0.1, 0.15) is 24.2 Å². The zero-order valence-corrected chi connectivity index (χ0v) is 24.2. The summed E-state index contributed by atoms with van der Waals surface area (Å²) < 4.78 is 48.8. The molecule has 2 amide bonds. The molecular formula is C30H36FN3O5S. The molecule has 0 aliphatic rings. The Hall–Kier alpha value is -3.92. The summed E-state index contributed by atoms with van der Waals surface area (Å²) in [5, 5.41) is 2.77. The fraction of sp³-hybridized carbons (Fsp3) is 0.333.